The number of carbonyl (C=O) groups excluding carboxylic acids is 4. The van der Waals surface area contributed by atoms with Crippen LogP contribution in [0.5, 0.6) is 0 Å². The van der Waals surface area contributed by atoms with Gasteiger partial charge in [0, 0.05) is 30.2 Å². The first-order chi connectivity index (χ1) is 31.6. The molecule has 2 fully saturated rings. The zero-order chi connectivity index (χ0) is 46.6. The molecule has 2 saturated heterocycles. The van der Waals surface area contributed by atoms with Crippen LogP contribution >= 0.6 is 22.7 Å². The highest BCUT2D eigenvalue weighted by molar-refractivity contribution is 7.15. The molecule has 0 aliphatic carbocycles. The summed E-state index contributed by atoms with van der Waals surface area (Å²) in [7, 11) is 0. The number of hydrogen-bond donors (Lipinski definition) is 2. The third-order valence-corrected chi connectivity index (χ3v) is 13.5. The molecule has 2 aromatic heterocycles. The Balaban J connectivity index is 0.922. The molecule has 2 aliphatic rings. The minimum atomic E-state index is -0.891. The summed E-state index contributed by atoms with van der Waals surface area (Å²) in [4.78, 5) is 68.7. The predicted octanol–water partition coefficient (Wildman–Crippen LogP) is 11.5. The average Bonchev–Trinajstić information content (AvgIpc) is 4.14. The van der Waals surface area contributed by atoms with Crippen molar-refractivity contribution in [2.45, 2.75) is 103 Å². The molecular weight excluding hydrogens is 869 g/mol. The number of thiazole rings is 2. The number of hydrogen-bond acceptors (Lipinski definition) is 10. The van der Waals surface area contributed by atoms with Gasteiger partial charge in [-0.2, -0.15) is 0 Å². The monoisotopic (exact) mass is 924 g/mol. The Morgan fingerprint density at radius 2 is 1.05 bits per heavy atom. The third-order valence-electron chi connectivity index (χ3n) is 11.5. The van der Waals surface area contributed by atoms with Gasteiger partial charge in [0.05, 0.1) is 22.7 Å². The highest BCUT2D eigenvalue weighted by Crippen LogP contribution is 2.40. The Labute approximate surface area is 394 Å². The van der Waals surface area contributed by atoms with Crippen LogP contribution in [0, 0.1) is 0 Å². The molecule has 66 heavy (non-hydrogen) atoms. The first kappa shape index (κ1) is 46.2. The molecule has 4 amide bonds. The van der Waals surface area contributed by atoms with Crippen molar-refractivity contribution < 1.29 is 28.7 Å². The fraction of sp³-hybridized carbons (Fsp3) is 0.346. The number of amides is 4. The molecule has 0 saturated carbocycles. The van der Waals surface area contributed by atoms with Crippen molar-refractivity contribution in [2.24, 2.45) is 0 Å². The quantitative estimate of drug-likeness (QED) is 0.131. The summed E-state index contributed by atoms with van der Waals surface area (Å²) >= 11 is 3.13. The van der Waals surface area contributed by atoms with E-state index in [2.05, 4.69) is 59.2 Å². The van der Waals surface area contributed by atoms with Gasteiger partial charge in [-0.3, -0.25) is 9.59 Å². The van der Waals surface area contributed by atoms with Crippen molar-refractivity contribution in [2.75, 3.05) is 13.1 Å². The van der Waals surface area contributed by atoms with Gasteiger partial charge in [-0.05, 0) is 95.0 Å². The molecule has 0 spiro atoms. The predicted molar refractivity (Wildman–Crippen MR) is 259 cm³/mol. The molecule has 2 aliphatic heterocycles. The number of nitrogens with zero attached hydrogens (tertiary/aromatic N) is 4. The molecule has 6 aromatic rings. The Kier molecular flexibility index (Phi) is 13.7. The van der Waals surface area contributed by atoms with E-state index in [9.17, 15) is 19.2 Å². The lowest BCUT2D eigenvalue weighted by atomic mass is 10.0. The maximum Gasteiger partial charge on any atom is 0.408 e. The van der Waals surface area contributed by atoms with Gasteiger partial charge in [-0.1, -0.05) is 109 Å². The molecule has 0 radical (unpaired) electrons. The van der Waals surface area contributed by atoms with Crippen molar-refractivity contribution >= 4 is 46.7 Å². The van der Waals surface area contributed by atoms with Crippen molar-refractivity contribution in [3.05, 3.63) is 142 Å². The molecule has 8 rings (SSSR count). The third kappa shape index (κ3) is 11.0. The number of benzene rings is 4. The van der Waals surface area contributed by atoms with Gasteiger partial charge in [0.15, 0.2) is 0 Å². The summed E-state index contributed by atoms with van der Waals surface area (Å²) < 4.78 is 11.1. The van der Waals surface area contributed by atoms with E-state index in [1.807, 2.05) is 82.0 Å². The second-order valence-corrected chi connectivity index (χ2v) is 20.6. The van der Waals surface area contributed by atoms with Gasteiger partial charge >= 0.3 is 12.2 Å². The molecule has 2 N–H and O–H groups in total. The van der Waals surface area contributed by atoms with Crippen molar-refractivity contribution in [3.8, 4) is 32.8 Å². The topological polar surface area (TPSA) is 143 Å². The van der Waals surface area contributed by atoms with Gasteiger partial charge in [0.1, 0.15) is 33.3 Å². The maximum absolute atomic E-state index is 14.2. The van der Waals surface area contributed by atoms with Crippen LogP contribution in [0.1, 0.15) is 113 Å². The second kappa shape index (κ2) is 19.6. The second-order valence-electron chi connectivity index (χ2n) is 18.6. The smallest absolute Gasteiger partial charge is 0.408 e. The van der Waals surface area contributed by atoms with Gasteiger partial charge in [0.2, 0.25) is 0 Å². The Morgan fingerprint density at radius 3 is 1.52 bits per heavy atom. The number of ether oxygens (including phenoxy) is 2. The summed E-state index contributed by atoms with van der Waals surface area (Å²) in [6.45, 7) is 11.9. The minimum Gasteiger partial charge on any atom is -0.444 e. The van der Waals surface area contributed by atoms with E-state index >= 15 is 0 Å². The van der Waals surface area contributed by atoms with E-state index < -0.39 is 35.5 Å². The molecule has 14 heteroatoms. The van der Waals surface area contributed by atoms with E-state index in [4.69, 9.17) is 19.4 Å². The van der Waals surface area contributed by atoms with Crippen molar-refractivity contribution in [1.82, 2.24) is 30.4 Å². The summed E-state index contributed by atoms with van der Waals surface area (Å²) in [6, 6.07) is 33.1. The van der Waals surface area contributed by atoms with Crippen molar-refractivity contribution in [1.29, 1.82) is 0 Å². The van der Waals surface area contributed by atoms with Crippen molar-refractivity contribution in [3.63, 3.8) is 0 Å². The molecule has 12 nitrogen and oxygen atoms in total. The first-order valence-corrected chi connectivity index (χ1v) is 24.1. The van der Waals surface area contributed by atoms with Gasteiger partial charge in [-0.25, -0.2) is 19.6 Å². The van der Waals surface area contributed by atoms with E-state index in [0.717, 1.165) is 68.5 Å². The Morgan fingerprint density at radius 1 is 0.606 bits per heavy atom. The number of alkyl carbamates (subject to hydrolysis) is 2. The normalized spacial score (nSPS) is 17.2. The van der Waals surface area contributed by atoms with Crippen LogP contribution in [0.25, 0.3) is 32.8 Å². The van der Waals surface area contributed by atoms with Gasteiger partial charge in [0.25, 0.3) is 11.8 Å². The molecular formula is C52H56N6O6S2. The molecule has 4 atom stereocenters. The maximum atomic E-state index is 14.2. The Bertz CT molecular complexity index is 2450. The summed E-state index contributed by atoms with van der Waals surface area (Å²) in [5.41, 5.74) is 4.97. The van der Waals surface area contributed by atoms with Crippen LogP contribution in [0.4, 0.5) is 9.59 Å². The molecule has 4 aromatic carbocycles. The Hall–Kier alpha value is -6.38. The molecule has 4 heterocycles. The summed E-state index contributed by atoms with van der Waals surface area (Å²) in [5, 5.41) is 9.44. The van der Waals surface area contributed by atoms with E-state index in [1.54, 1.807) is 64.2 Å². The van der Waals surface area contributed by atoms with Crippen LogP contribution in [-0.2, 0) is 19.1 Å². The molecule has 342 valence electrons. The fourth-order valence-corrected chi connectivity index (χ4v) is 10.5. The number of likely N-dealkylation sites (tertiary alicyclic amines) is 2. The van der Waals surface area contributed by atoms with E-state index in [1.165, 1.54) is 0 Å². The zero-order valence-electron chi connectivity index (χ0n) is 38.2. The van der Waals surface area contributed by atoms with Crippen LogP contribution in [0.15, 0.2) is 121 Å². The number of aromatic nitrogens is 2. The summed E-state index contributed by atoms with van der Waals surface area (Å²) in [6.07, 6.45) is 3.84. The largest absolute Gasteiger partial charge is 0.444 e. The lowest BCUT2D eigenvalue weighted by Crippen LogP contribution is -2.44. The zero-order valence-corrected chi connectivity index (χ0v) is 39.8. The summed E-state index contributed by atoms with van der Waals surface area (Å²) in [5.74, 6) is -0.374. The number of nitrogens with one attached hydrogen (secondary N) is 2. The average molecular weight is 925 g/mol. The minimum absolute atomic E-state index is 0.187. The number of carbonyl (C=O) groups is 4. The van der Waals surface area contributed by atoms with Crippen LogP contribution in [0.3, 0.4) is 0 Å². The molecule has 0 bridgehead atoms. The fourth-order valence-electron chi connectivity index (χ4n) is 8.43. The van der Waals surface area contributed by atoms with Gasteiger partial charge < -0.3 is 29.9 Å². The lowest BCUT2D eigenvalue weighted by molar-refractivity contribution is -0.135. The van der Waals surface area contributed by atoms with E-state index in [0.29, 0.717) is 24.2 Å². The lowest BCUT2D eigenvalue weighted by Gasteiger charge is -2.29. The first-order valence-electron chi connectivity index (χ1n) is 22.4. The van der Waals surface area contributed by atoms with E-state index in [-0.39, 0.29) is 23.9 Å². The number of rotatable bonds is 11. The highest BCUT2D eigenvalue weighted by atomic mass is 32.1. The van der Waals surface area contributed by atoms with Crippen LogP contribution < -0.4 is 10.6 Å². The standard InChI is InChI=1S/C52H56N6O6S2/c1-51(2,3)63-49(61)55-43(37-15-9-7-10-16-37)47(59)57-29-13-19-40(57)45-53-31-42(66-45)36-27-23-34(24-28-36)33-21-25-35(26-22-33)39-32-65-46(54-39)41-20-14-30-58(41)48(60)44(38-17-11-8-12-18-38)56-50(62)64-52(4,5)6/h7-12,15-18,21-28,31-32,40-41,43-44H,13-14,19-20,29-30H2,1-6H3,(H,55,61)(H,56,62)/t40-,41-,43+,44+/m0/s1. The molecule has 0 unspecified atom stereocenters. The van der Waals surface area contributed by atoms with Crippen LogP contribution in [-0.4, -0.2) is 68.1 Å². The highest BCUT2D eigenvalue weighted by Gasteiger charge is 2.39. The SMILES string of the molecule is CC(C)(C)OC(=O)N[C@@H](C(=O)N1CCC[C@H]1c1nc(-c2ccc(-c3ccc(-c4cnc([C@@H]5CCCN5C(=O)[C@H](NC(=O)OC(C)(C)C)c5ccccc5)s4)cc3)cc2)cs1)c1ccccc1. The van der Waals surface area contributed by atoms with Gasteiger partial charge in [-0.15, -0.1) is 22.7 Å². The van der Waals surface area contributed by atoms with Crippen LogP contribution in [0.2, 0.25) is 0 Å².